The number of nitrogens with one attached hydrogen (secondary N) is 2. The molecule has 3 unspecified atom stereocenters. The molecule has 2 N–H and O–H groups in total. The van der Waals surface area contributed by atoms with E-state index in [-0.39, 0.29) is 36.7 Å². The van der Waals surface area contributed by atoms with E-state index in [4.69, 9.17) is 8.85 Å². The number of fused-ring (bicyclic) bond motifs is 10. The summed E-state index contributed by atoms with van der Waals surface area (Å²) in [5.74, 6) is -0.224. The fourth-order valence-corrected chi connectivity index (χ4v) is 16.7. The highest BCUT2D eigenvalue weighted by atomic mass is 28.4. The van der Waals surface area contributed by atoms with E-state index in [0.29, 0.717) is 12.8 Å². The van der Waals surface area contributed by atoms with Gasteiger partial charge in [0, 0.05) is 49.4 Å². The van der Waals surface area contributed by atoms with Crippen LogP contribution in [0.15, 0.2) is 36.4 Å². The van der Waals surface area contributed by atoms with Crippen LogP contribution in [0.5, 0.6) is 0 Å². The highest BCUT2D eigenvalue weighted by Crippen LogP contribution is 2.58. The quantitative estimate of drug-likeness (QED) is 0.290. The lowest BCUT2D eigenvalue weighted by atomic mass is 9.86. The Morgan fingerprint density at radius 2 is 0.963 bits per heavy atom. The van der Waals surface area contributed by atoms with Crippen LogP contribution >= 0.6 is 0 Å². The van der Waals surface area contributed by atoms with Gasteiger partial charge in [0.1, 0.15) is 35.6 Å². The molecular weight excluding hydrogens is 717 g/mol. The molecule has 2 aromatic rings. The van der Waals surface area contributed by atoms with Gasteiger partial charge in [-0.15, -0.1) is 0 Å². The van der Waals surface area contributed by atoms with Gasteiger partial charge in [-0.25, -0.2) is 0 Å². The van der Waals surface area contributed by atoms with Crippen LogP contribution in [0.3, 0.4) is 0 Å². The van der Waals surface area contributed by atoms with Crippen LogP contribution in [0.25, 0.3) is 11.1 Å². The first-order valence-corrected chi connectivity index (χ1v) is 25.2. The number of amides is 4. The van der Waals surface area contributed by atoms with Gasteiger partial charge < -0.3 is 39.1 Å². The third kappa shape index (κ3) is 5.04. The van der Waals surface area contributed by atoms with Crippen molar-refractivity contribution >= 4 is 51.6 Å². The van der Waals surface area contributed by atoms with Crippen molar-refractivity contribution in [3.8, 4) is 11.1 Å². The molecule has 12 nitrogen and oxygen atoms in total. The molecule has 4 fully saturated rings. The second kappa shape index (κ2) is 12.9. The summed E-state index contributed by atoms with van der Waals surface area (Å²) in [5, 5.41) is 7.34. The van der Waals surface area contributed by atoms with Gasteiger partial charge in [0.05, 0.1) is 13.1 Å². The maximum absolute atomic E-state index is 13.7. The molecular formula is C40H56N6O6Si2. The topological polar surface area (TPSA) is 124 Å². The summed E-state index contributed by atoms with van der Waals surface area (Å²) in [7, 11) is -1.10. The van der Waals surface area contributed by atoms with E-state index in [1.165, 1.54) is 0 Å². The van der Waals surface area contributed by atoms with Crippen molar-refractivity contribution in [3.05, 3.63) is 47.5 Å². The van der Waals surface area contributed by atoms with Gasteiger partial charge >= 0.3 is 0 Å². The average Bonchev–Trinajstić information content (AvgIpc) is 3.86. The Kier molecular flexibility index (Phi) is 8.90. The zero-order valence-electron chi connectivity index (χ0n) is 33.1. The number of benzene rings is 2. The fraction of sp³-hybridized carbons (Fsp3) is 0.600. The minimum absolute atomic E-state index is 0.0453. The minimum Gasteiger partial charge on any atom is -0.403 e. The van der Waals surface area contributed by atoms with Gasteiger partial charge in [-0.1, -0.05) is 53.7 Å². The first kappa shape index (κ1) is 37.2. The summed E-state index contributed by atoms with van der Waals surface area (Å²) in [4.78, 5) is 61.2. The van der Waals surface area contributed by atoms with E-state index in [0.717, 1.165) is 69.9 Å². The monoisotopic (exact) mass is 772 g/mol. The van der Waals surface area contributed by atoms with Crippen molar-refractivity contribution in [2.24, 2.45) is 0 Å². The van der Waals surface area contributed by atoms with Crippen molar-refractivity contribution in [1.29, 1.82) is 0 Å². The van der Waals surface area contributed by atoms with Crippen LogP contribution < -0.4 is 10.6 Å². The van der Waals surface area contributed by atoms with E-state index < -0.39 is 52.3 Å². The molecule has 0 aliphatic carbocycles. The van der Waals surface area contributed by atoms with Crippen molar-refractivity contribution < 1.29 is 28.0 Å². The minimum atomic E-state index is -2.26. The van der Waals surface area contributed by atoms with Crippen LogP contribution in [0, 0.1) is 0 Å². The van der Waals surface area contributed by atoms with Crippen molar-refractivity contribution in [2.75, 3.05) is 37.8 Å². The highest BCUT2D eigenvalue weighted by molar-refractivity contribution is 6.74. The maximum Gasteiger partial charge on any atom is 0.245 e. The summed E-state index contributed by atoms with van der Waals surface area (Å²) in [6, 6.07) is 17.3. The van der Waals surface area contributed by atoms with Crippen LogP contribution in [-0.4, -0.2) is 111 Å². The molecule has 0 spiro atoms. The first-order chi connectivity index (χ1) is 25.8. The molecule has 0 aromatic heterocycles. The molecule has 0 bridgehead atoms. The van der Waals surface area contributed by atoms with Gasteiger partial charge in [0.25, 0.3) is 0 Å². The van der Waals surface area contributed by atoms with Gasteiger partial charge in [-0.2, -0.15) is 0 Å². The molecule has 54 heavy (non-hydrogen) atoms. The number of hydrogen-bond acceptors (Lipinski definition) is 8. The summed E-state index contributed by atoms with van der Waals surface area (Å²) in [5.41, 5.74) is 4.07. The molecule has 6 aliphatic heterocycles. The van der Waals surface area contributed by atoms with Crippen molar-refractivity contribution in [3.63, 3.8) is 0 Å². The molecule has 4 amide bonds. The fourth-order valence-electron chi connectivity index (χ4n) is 10.7. The number of carbonyl (C=O) groups excluding carboxylic acids is 4. The van der Waals surface area contributed by atoms with E-state index in [1.807, 2.05) is 0 Å². The Morgan fingerprint density at radius 3 is 1.30 bits per heavy atom. The number of nitrogens with zero attached hydrogens (tertiary/aromatic N) is 4. The molecule has 14 heteroatoms. The predicted molar refractivity (Wildman–Crippen MR) is 212 cm³/mol. The lowest BCUT2D eigenvalue weighted by molar-refractivity contribution is -0.153. The first-order valence-electron chi connectivity index (χ1n) is 20.1. The summed E-state index contributed by atoms with van der Waals surface area (Å²) in [6.45, 7) is 13.4. The zero-order valence-corrected chi connectivity index (χ0v) is 35.1. The third-order valence-electron chi connectivity index (χ3n) is 14.3. The van der Waals surface area contributed by atoms with Crippen molar-refractivity contribution in [1.82, 2.24) is 19.6 Å². The molecule has 6 aliphatic rings. The Bertz CT molecular complexity index is 1770. The van der Waals surface area contributed by atoms with Crippen LogP contribution in [0.2, 0.25) is 36.3 Å². The average molecular weight is 773 g/mol. The van der Waals surface area contributed by atoms with E-state index in [2.05, 4.69) is 88.6 Å². The molecule has 8 rings (SSSR count). The summed E-state index contributed by atoms with van der Waals surface area (Å²) < 4.78 is 15.1. The van der Waals surface area contributed by atoms with Crippen LogP contribution in [0.1, 0.15) is 65.5 Å². The number of piperazine rings is 2. The van der Waals surface area contributed by atoms with E-state index in [9.17, 15) is 19.2 Å². The molecule has 0 radical (unpaired) electrons. The normalized spacial score (nSPS) is 29.9. The van der Waals surface area contributed by atoms with Crippen LogP contribution in [-0.2, 0) is 39.2 Å². The van der Waals surface area contributed by atoms with Gasteiger partial charge in [0.15, 0.2) is 16.6 Å². The SMILES string of the molecule is CC[Si](CC)(CC)OC12CC3C(=O)N(C)CC(=O)N3[C@H]1Nc1ccc(-c3ccc4c(c3)C3(O[Si](CC)(CC)CC)C[C@H]5C(=O)N(C)CC(=O)N5[C@H]3N4)cc12. The number of hydrogen-bond donors (Lipinski definition) is 2. The summed E-state index contributed by atoms with van der Waals surface area (Å²) >= 11 is 0. The third-order valence-corrected chi connectivity index (χ3v) is 23.6. The van der Waals surface area contributed by atoms with E-state index >= 15 is 0 Å². The lowest BCUT2D eigenvalue weighted by Crippen LogP contribution is -2.60. The molecule has 6 atom stereocenters. The second-order valence-corrected chi connectivity index (χ2v) is 25.9. The molecule has 6 heterocycles. The largest absolute Gasteiger partial charge is 0.403 e. The van der Waals surface area contributed by atoms with Gasteiger partial charge in [-0.05, 0) is 71.7 Å². The molecule has 290 valence electrons. The predicted octanol–water partition coefficient (Wildman–Crippen LogP) is 5.44. The molecule has 2 aromatic carbocycles. The number of likely N-dealkylation sites (N-methyl/N-ethyl adjacent to an activating group) is 2. The van der Waals surface area contributed by atoms with Gasteiger partial charge in [0.2, 0.25) is 23.6 Å². The summed E-state index contributed by atoms with van der Waals surface area (Å²) in [6.07, 6.45) is -0.141. The van der Waals surface area contributed by atoms with E-state index in [1.54, 1.807) is 33.7 Å². The zero-order chi connectivity index (χ0) is 38.5. The van der Waals surface area contributed by atoms with Crippen LogP contribution in [0.4, 0.5) is 11.4 Å². The number of anilines is 2. The number of carbonyl (C=O) groups is 4. The Labute approximate surface area is 321 Å². The Hall–Kier alpha value is -3.73. The molecule has 0 saturated carbocycles. The van der Waals surface area contributed by atoms with Gasteiger partial charge in [-0.3, -0.25) is 19.2 Å². The Morgan fingerprint density at radius 1 is 0.611 bits per heavy atom. The maximum atomic E-state index is 13.7. The Balaban J connectivity index is 1.25. The smallest absolute Gasteiger partial charge is 0.245 e. The second-order valence-electron chi connectivity index (χ2n) is 16.5. The van der Waals surface area contributed by atoms with Crippen molar-refractivity contribution in [2.45, 2.75) is 126 Å². The highest BCUT2D eigenvalue weighted by Gasteiger charge is 2.66. The standard InChI is InChI=1S/C40H56N6O6Si2/c1-9-53(10-2,11-3)51-39-21-31-35(49)43(7)23-33(47)45(31)37(39)41-29-17-15-25(19-27(29)39)26-16-18-30-28(20-26)40(52-54(12-4,13-5)14-6)22-32-36(50)44(8)24-34(48)46(32)38(40)42-30/h15-20,31-32,37-38,41-42H,9-14,21-24H2,1-8H3/t31-,32?,37+,38+,39?,40?/m0/s1. The molecule has 4 saturated heterocycles. The number of rotatable bonds is 11. The lowest BCUT2D eigenvalue weighted by Gasteiger charge is -2.42.